The summed E-state index contributed by atoms with van der Waals surface area (Å²) >= 11 is 0. The van der Waals surface area contributed by atoms with Crippen molar-refractivity contribution in [3.8, 4) is 0 Å². The molecule has 144 valence electrons. The third-order valence-corrected chi connectivity index (χ3v) is 4.17. The summed E-state index contributed by atoms with van der Waals surface area (Å²) in [6.07, 6.45) is 11.0. The van der Waals surface area contributed by atoms with Crippen LogP contribution in [0.3, 0.4) is 0 Å². The summed E-state index contributed by atoms with van der Waals surface area (Å²) in [5, 5.41) is 18.6. The van der Waals surface area contributed by atoms with Crippen LogP contribution >= 0.6 is 0 Å². The van der Waals surface area contributed by atoms with E-state index < -0.39 is 12.1 Å². The highest BCUT2D eigenvalue weighted by Gasteiger charge is 2.08. The van der Waals surface area contributed by atoms with Gasteiger partial charge in [-0.2, -0.15) is 0 Å². The van der Waals surface area contributed by atoms with Gasteiger partial charge in [-0.05, 0) is 24.6 Å². The molecule has 0 bridgehead atoms. The molecule has 1 atom stereocenters. The number of aliphatic carboxylic acids is 1. The van der Waals surface area contributed by atoms with E-state index in [1.165, 1.54) is 25.7 Å². The molecule has 0 radical (unpaired) electrons. The van der Waals surface area contributed by atoms with Crippen molar-refractivity contribution < 1.29 is 19.8 Å². The summed E-state index contributed by atoms with van der Waals surface area (Å²) in [5.41, 5.74) is 1.31. The van der Waals surface area contributed by atoms with E-state index >= 15 is 0 Å². The van der Waals surface area contributed by atoms with Gasteiger partial charge in [0.05, 0.1) is 18.2 Å². The average molecular weight is 361 g/mol. The van der Waals surface area contributed by atoms with Crippen LogP contribution in [0.5, 0.6) is 0 Å². The fourth-order valence-electron chi connectivity index (χ4n) is 2.67. The van der Waals surface area contributed by atoms with Crippen molar-refractivity contribution in [1.82, 2.24) is 4.98 Å². The second-order valence-electron chi connectivity index (χ2n) is 6.65. The molecule has 0 spiro atoms. The number of carboxylic acid groups (broad SMARTS) is 1. The van der Waals surface area contributed by atoms with Crippen LogP contribution in [-0.2, 0) is 16.0 Å². The molecule has 0 aromatic carbocycles. The van der Waals surface area contributed by atoms with E-state index in [-0.39, 0.29) is 25.0 Å². The monoisotopic (exact) mass is 361 g/mol. The Morgan fingerprint density at radius 3 is 2.58 bits per heavy atom. The third kappa shape index (κ3) is 10.8. The maximum absolute atomic E-state index is 11.7. The molecule has 0 fully saturated rings. The fourth-order valence-corrected chi connectivity index (χ4v) is 2.67. The van der Waals surface area contributed by atoms with Gasteiger partial charge in [0, 0.05) is 18.5 Å². The van der Waals surface area contributed by atoms with Gasteiger partial charge in [-0.25, -0.2) is 0 Å². The molecular weight excluding hydrogens is 330 g/mol. The Bertz CT molecular complexity index is 583. The Balaban J connectivity index is 2.38. The number of aromatic nitrogens is 1. The summed E-state index contributed by atoms with van der Waals surface area (Å²) < 4.78 is 0. The lowest BCUT2D eigenvalue weighted by atomic mass is 10.1. The van der Waals surface area contributed by atoms with E-state index in [4.69, 9.17) is 5.11 Å². The zero-order valence-electron chi connectivity index (χ0n) is 15.7. The van der Waals surface area contributed by atoms with Crippen molar-refractivity contribution >= 4 is 17.8 Å². The van der Waals surface area contributed by atoms with Gasteiger partial charge < -0.3 is 10.2 Å². The van der Waals surface area contributed by atoms with Crippen molar-refractivity contribution in [2.24, 2.45) is 0 Å². The van der Waals surface area contributed by atoms with Crippen LogP contribution in [-0.4, -0.2) is 33.1 Å². The second-order valence-corrected chi connectivity index (χ2v) is 6.65. The van der Waals surface area contributed by atoms with Crippen LogP contribution in [0.4, 0.5) is 0 Å². The molecular formula is C21H31NO4. The molecule has 1 aromatic heterocycles. The highest BCUT2D eigenvalue weighted by Crippen LogP contribution is 2.11. The number of nitrogens with zero attached hydrogens (tertiary/aromatic N) is 1. The molecule has 0 aliphatic rings. The maximum atomic E-state index is 11.7. The van der Waals surface area contributed by atoms with Crippen LogP contribution in [0.2, 0.25) is 0 Å². The van der Waals surface area contributed by atoms with E-state index in [2.05, 4.69) is 11.9 Å². The predicted molar refractivity (Wildman–Crippen MR) is 103 cm³/mol. The summed E-state index contributed by atoms with van der Waals surface area (Å²) in [5.74, 6) is -1.11. The zero-order chi connectivity index (χ0) is 19.2. The molecule has 0 amide bonds. The Kier molecular flexibility index (Phi) is 11.2. The molecule has 1 heterocycles. The molecule has 1 unspecified atom stereocenters. The van der Waals surface area contributed by atoms with E-state index in [0.717, 1.165) is 19.3 Å². The lowest BCUT2D eigenvalue weighted by Crippen LogP contribution is -2.07. The number of carbonyl (C=O) groups excluding carboxylic acids is 1. The van der Waals surface area contributed by atoms with Crippen molar-refractivity contribution in [3.63, 3.8) is 0 Å². The van der Waals surface area contributed by atoms with Gasteiger partial charge in [-0.3, -0.25) is 14.6 Å². The van der Waals surface area contributed by atoms with Gasteiger partial charge in [-0.15, -0.1) is 0 Å². The number of carboxylic acids is 1. The minimum Gasteiger partial charge on any atom is -0.481 e. The highest BCUT2D eigenvalue weighted by molar-refractivity contribution is 5.83. The van der Waals surface area contributed by atoms with E-state index in [0.29, 0.717) is 11.4 Å². The summed E-state index contributed by atoms with van der Waals surface area (Å²) in [7, 11) is 0. The summed E-state index contributed by atoms with van der Waals surface area (Å²) in [4.78, 5) is 26.6. The Hall–Kier alpha value is -2.01. The summed E-state index contributed by atoms with van der Waals surface area (Å²) in [6, 6.07) is 5.38. The normalized spacial score (nSPS) is 12.4. The lowest BCUT2D eigenvalue weighted by molar-refractivity contribution is -0.138. The van der Waals surface area contributed by atoms with Crippen LogP contribution in [0, 0.1) is 0 Å². The molecule has 0 saturated carbocycles. The van der Waals surface area contributed by atoms with E-state index in [1.807, 2.05) is 12.1 Å². The van der Waals surface area contributed by atoms with E-state index in [1.54, 1.807) is 18.2 Å². The maximum Gasteiger partial charge on any atom is 0.303 e. The van der Waals surface area contributed by atoms with Gasteiger partial charge in [0.1, 0.15) is 5.78 Å². The average Bonchev–Trinajstić information content (AvgIpc) is 2.61. The number of hydrogen-bond acceptors (Lipinski definition) is 4. The van der Waals surface area contributed by atoms with Gasteiger partial charge in [0.25, 0.3) is 0 Å². The molecule has 1 rings (SSSR count). The zero-order valence-corrected chi connectivity index (χ0v) is 15.7. The largest absolute Gasteiger partial charge is 0.481 e. The van der Waals surface area contributed by atoms with Gasteiger partial charge in [0.15, 0.2) is 0 Å². The first-order valence-electron chi connectivity index (χ1n) is 9.57. The molecule has 0 aliphatic carbocycles. The van der Waals surface area contributed by atoms with Crippen molar-refractivity contribution in [2.45, 2.75) is 77.2 Å². The highest BCUT2D eigenvalue weighted by atomic mass is 16.4. The van der Waals surface area contributed by atoms with Crippen LogP contribution in [0.1, 0.15) is 76.1 Å². The Labute approximate surface area is 156 Å². The molecule has 0 aliphatic heterocycles. The SMILES string of the molecule is CCCCCCCCC(O)/C=C/c1cccc(CC(=O)CCC(=O)O)n1. The second kappa shape index (κ2) is 13.2. The topological polar surface area (TPSA) is 87.5 Å². The molecule has 5 heteroatoms. The number of carbonyl (C=O) groups is 2. The van der Waals surface area contributed by atoms with E-state index in [9.17, 15) is 14.7 Å². The number of pyridine rings is 1. The quantitative estimate of drug-likeness (QED) is 0.485. The number of Topliss-reactive ketones (excluding diaryl/α,β-unsaturated/α-hetero) is 1. The Morgan fingerprint density at radius 2 is 1.85 bits per heavy atom. The Morgan fingerprint density at radius 1 is 1.12 bits per heavy atom. The number of ketones is 1. The fraction of sp³-hybridized carbons (Fsp3) is 0.571. The van der Waals surface area contributed by atoms with Crippen molar-refractivity contribution in [2.75, 3.05) is 0 Å². The van der Waals surface area contributed by atoms with Crippen molar-refractivity contribution in [3.05, 3.63) is 35.7 Å². The third-order valence-electron chi connectivity index (χ3n) is 4.17. The summed E-state index contributed by atoms with van der Waals surface area (Å²) in [6.45, 7) is 2.20. The number of rotatable bonds is 14. The van der Waals surface area contributed by atoms with Gasteiger partial charge in [0.2, 0.25) is 0 Å². The first-order chi connectivity index (χ1) is 12.5. The first-order valence-corrected chi connectivity index (χ1v) is 9.57. The first kappa shape index (κ1) is 22.0. The van der Waals surface area contributed by atoms with Crippen LogP contribution < -0.4 is 0 Å². The van der Waals surface area contributed by atoms with Crippen LogP contribution in [0.25, 0.3) is 6.08 Å². The predicted octanol–water partition coefficient (Wildman–Crippen LogP) is 4.18. The molecule has 0 saturated heterocycles. The smallest absolute Gasteiger partial charge is 0.303 e. The van der Waals surface area contributed by atoms with Gasteiger partial charge in [-0.1, -0.05) is 57.6 Å². The molecule has 2 N–H and O–H groups in total. The minimum atomic E-state index is -0.970. The van der Waals surface area contributed by atoms with Crippen LogP contribution in [0.15, 0.2) is 24.3 Å². The number of hydrogen-bond donors (Lipinski definition) is 2. The lowest BCUT2D eigenvalue weighted by Gasteiger charge is -2.06. The number of aliphatic hydroxyl groups excluding tert-OH is 1. The number of aliphatic hydroxyl groups is 1. The standard InChI is InChI=1S/C21H31NO4/c1-2-3-4-5-6-7-11-19(23)13-12-17-9-8-10-18(22-17)16-20(24)14-15-21(25)26/h8-10,12-13,19,23H,2-7,11,14-16H2,1H3,(H,25,26)/b13-12+. The van der Waals surface area contributed by atoms with Crippen molar-refractivity contribution in [1.29, 1.82) is 0 Å². The molecule has 26 heavy (non-hydrogen) atoms. The van der Waals surface area contributed by atoms with Gasteiger partial charge >= 0.3 is 5.97 Å². The minimum absolute atomic E-state index is 0.0219. The molecule has 5 nitrogen and oxygen atoms in total. The number of unbranched alkanes of at least 4 members (excludes halogenated alkanes) is 5. The molecule has 1 aromatic rings.